The molecule has 1 aromatic carbocycles. The van der Waals surface area contributed by atoms with Gasteiger partial charge >= 0.3 is 0 Å². The smallest absolute Gasteiger partial charge is 0.191 e. The Bertz CT molecular complexity index is 611. The zero-order chi connectivity index (χ0) is 14.4. The highest BCUT2D eigenvalue weighted by atomic mass is 127. The van der Waals surface area contributed by atoms with Gasteiger partial charge in [-0.3, -0.25) is 10.4 Å². The maximum Gasteiger partial charge on any atom is 0.191 e. The number of anilines is 1. The van der Waals surface area contributed by atoms with Gasteiger partial charge in [-0.1, -0.05) is 6.07 Å². The first-order valence-electron chi connectivity index (χ1n) is 5.93. The molecule has 0 spiro atoms. The number of rotatable bonds is 3. The van der Waals surface area contributed by atoms with Crippen molar-refractivity contribution in [2.75, 3.05) is 5.32 Å². The zero-order valence-corrected chi connectivity index (χ0v) is 13.8. The van der Waals surface area contributed by atoms with Crippen LogP contribution in [0.1, 0.15) is 12.6 Å². The normalized spacial score (nSPS) is 11.0. The van der Waals surface area contributed by atoms with E-state index in [1.165, 1.54) is 3.57 Å². The van der Waals surface area contributed by atoms with Crippen molar-refractivity contribution in [3.63, 3.8) is 0 Å². The third-order valence-electron chi connectivity index (χ3n) is 2.46. The molecule has 0 unspecified atom stereocenters. The second-order valence-corrected chi connectivity index (χ2v) is 5.64. The van der Waals surface area contributed by atoms with Crippen LogP contribution in [-0.4, -0.2) is 15.8 Å². The van der Waals surface area contributed by atoms with E-state index in [1.54, 1.807) is 6.20 Å². The van der Waals surface area contributed by atoms with Gasteiger partial charge in [0.2, 0.25) is 0 Å². The van der Waals surface area contributed by atoms with Crippen LogP contribution in [0.25, 0.3) is 0 Å². The van der Waals surface area contributed by atoms with E-state index in [4.69, 9.17) is 12.2 Å². The van der Waals surface area contributed by atoms with Gasteiger partial charge in [-0.05, 0) is 78.1 Å². The average molecular weight is 396 g/mol. The summed E-state index contributed by atoms with van der Waals surface area (Å²) in [6.07, 6.45) is 1.73. The minimum absolute atomic E-state index is 0.446. The molecule has 0 saturated heterocycles. The molecule has 1 heterocycles. The van der Waals surface area contributed by atoms with Gasteiger partial charge in [0.1, 0.15) is 0 Å². The lowest BCUT2D eigenvalue weighted by atomic mass is 10.3. The van der Waals surface area contributed by atoms with Gasteiger partial charge < -0.3 is 5.32 Å². The Labute approximate surface area is 136 Å². The number of benzene rings is 1. The van der Waals surface area contributed by atoms with Crippen LogP contribution in [0.2, 0.25) is 0 Å². The SMILES string of the molecule is C/C(=N\NC(=S)Nc1ccc(I)cc1)c1ccccn1. The number of aromatic nitrogens is 1. The highest BCUT2D eigenvalue weighted by Gasteiger charge is 1.99. The van der Waals surface area contributed by atoms with Crippen molar-refractivity contribution in [2.24, 2.45) is 5.10 Å². The topological polar surface area (TPSA) is 49.3 Å². The van der Waals surface area contributed by atoms with E-state index in [9.17, 15) is 0 Å². The Morgan fingerprint density at radius 1 is 1.20 bits per heavy atom. The first-order chi connectivity index (χ1) is 9.65. The molecule has 20 heavy (non-hydrogen) atoms. The molecule has 0 radical (unpaired) electrons. The number of nitrogens with one attached hydrogen (secondary N) is 2. The van der Waals surface area contributed by atoms with Crippen molar-refractivity contribution >= 4 is 51.3 Å². The highest BCUT2D eigenvalue weighted by Crippen LogP contribution is 2.10. The number of nitrogens with zero attached hydrogens (tertiary/aromatic N) is 2. The number of halogens is 1. The lowest BCUT2D eigenvalue weighted by Gasteiger charge is -2.07. The van der Waals surface area contributed by atoms with Crippen LogP contribution in [0.3, 0.4) is 0 Å². The molecule has 4 nitrogen and oxygen atoms in total. The van der Waals surface area contributed by atoms with Gasteiger partial charge in [0, 0.05) is 15.5 Å². The van der Waals surface area contributed by atoms with E-state index in [0.29, 0.717) is 5.11 Å². The fraction of sp³-hybridized carbons (Fsp3) is 0.0714. The summed E-state index contributed by atoms with van der Waals surface area (Å²) in [5.74, 6) is 0. The third-order valence-corrected chi connectivity index (χ3v) is 3.38. The average Bonchev–Trinajstić information content (AvgIpc) is 2.48. The molecule has 6 heteroatoms. The van der Waals surface area contributed by atoms with Crippen molar-refractivity contribution in [2.45, 2.75) is 6.92 Å². The minimum Gasteiger partial charge on any atom is -0.331 e. The summed E-state index contributed by atoms with van der Waals surface area (Å²) in [5.41, 5.74) is 5.33. The fourth-order valence-electron chi connectivity index (χ4n) is 1.46. The molecule has 0 fully saturated rings. The standard InChI is InChI=1S/C14H13IN4S/c1-10(13-4-2-3-9-16-13)18-19-14(20)17-12-7-5-11(15)6-8-12/h2-9H,1H3,(H2,17,19,20)/b18-10+. The summed E-state index contributed by atoms with van der Waals surface area (Å²) in [6, 6.07) is 13.6. The summed E-state index contributed by atoms with van der Waals surface area (Å²) in [7, 11) is 0. The number of pyridine rings is 1. The van der Waals surface area contributed by atoms with E-state index in [0.717, 1.165) is 17.1 Å². The zero-order valence-electron chi connectivity index (χ0n) is 10.8. The highest BCUT2D eigenvalue weighted by molar-refractivity contribution is 14.1. The van der Waals surface area contributed by atoms with Crippen LogP contribution in [-0.2, 0) is 0 Å². The third kappa shape index (κ3) is 4.53. The lowest BCUT2D eigenvalue weighted by molar-refractivity contribution is 1.03. The largest absolute Gasteiger partial charge is 0.331 e. The molecular weight excluding hydrogens is 383 g/mol. The predicted octanol–water partition coefficient (Wildman–Crippen LogP) is 3.40. The van der Waals surface area contributed by atoms with Gasteiger partial charge in [0.25, 0.3) is 0 Å². The maximum atomic E-state index is 5.19. The quantitative estimate of drug-likeness (QED) is 0.362. The molecular formula is C14H13IN4S. The summed E-state index contributed by atoms with van der Waals surface area (Å²) in [4.78, 5) is 4.21. The molecule has 0 atom stereocenters. The van der Waals surface area contributed by atoms with Crippen LogP contribution in [0.15, 0.2) is 53.8 Å². The molecule has 2 N–H and O–H groups in total. The second-order valence-electron chi connectivity index (χ2n) is 3.99. The van der Waals surface area contributed by atoms with Gasteiger partial charge in [0.05, 0.1) is 11.4 Å². The Morgan fingerprint density at radius 2 is 1.95 bits per heavy atom. The fourth-order valence-corrected chi connectivity index (χ4v) is 1.98. The molecule has 0 aliphatic rings. The monoisotopic (exact) mass is 396 g/mol. The van der Waals surface area contributed by atoms with Gasteiger partial charge in [-0.25, -0.2) is 0 Å². The van der Waals surface area contributed by atoms with Gasteiger partial charge in [-0.15, -0.1) is 0 Å². The molecule has 2 rings (SSSR count). The van der Waals surface area contributed by atoms with E-state index in [1.807, 2.05) is 49.4 Å². The summed E-state index contributed by atoms with van der Waals surface area (Å²) >= 11 is 7.44. The molecule has 0 saturated carbocycles. The van der Waals surface area contributed by atoms with E-state index >= 15 is 0 Å². The number of hydrogen-bond acceptors (Lipinski definition) is 3. The van der Waals surface area contributed by atoms with E-state index in [-0.39, 0.29) is 0 Å². The molecule has 0 bridgehead atoms. The predicted molar refractivity (Wildman–Crippen MR) is 95.0 cm³/mol. The van der Waals surface area contributed by atoms with Crippen molar-refractivity contribution in [1.82, 2.24) is 10.4 Å². The minimum atomic E-state index is 0.446. The van der Waals surface area contributed by atoms with Crippen LogP contribution in [0, 0.1) is 3.57 Å². The summed E-state index contributed by atoms with van der Waals surface area (Å²) in [6.45, 7) is 1.88. The molecule has 1 aromatic heterocycles. The Morgan fingerprint density at radius 3 is 2.60 bits per heavy atom. The van der Waals surface area contributed by atoms with E-state index in [2.05, 4.69) is 43.4 Å². The van der Waals surface area contributed by atoms with Crippen LogP contribution in [0.4, 0.5) is 5.69 Å². The first-order valence-corrected chi connectivity index (χ1v) is 7.42. The van der Waals surface area contributed by atoms with Crippen LogP contribution >= 0.6 is 34.8 Å². The molecule has 0 aliphatic carbocycles. The molecule has 2 aromatic rings. The van der Waals surface area contributed by atoms with Crippen molar-refractivity contribution < 1.29 is 0 Å². The Balaban J connectivity index is 1.93. The number of thiocarbonyl (C=S) groups is 1. The molecule has 102 valence electrons. The maximum absolute atomic E-state index is 5.19. The first kappa shape index (κ1) is 14.9. The molecule has 0 aliphatic heterocycles. The van der Waals surface area contributed by atoms with Crippen molar-refractivity contribution in [1.29, 1.82) is 0 Å². The number of hydrogen-bond donors (Lipinski definition) is 2. The van der Waals surface area contributed by atoms with Crippen molar-refractivity contribution in [3.8, 4) is 0 Å². The van der Waals surface area contributed by atoms with Crippen LogP contribution in [0.5, 0.6) is 0 Å². The second kappa shape index (κ2) is 7.30. The Hall–Kier alpha value is -1.54. The molecule has 0 amide bonds. The number of hydrazone groups is 1. The van der Waals surface area contributed by atoms with Crippen LogP contribution < -0.4 is 10.7 Å². The summed E-state index contributed by atoms with van der Waals surface area (Å²) < 4.78 is 1.18. The Kier molecular flexibility index (Phi) is 5.42. The van der Waals surface area contributed by atoms with Crippen molar-refractivity contribution in [3.05, 3.63) is 57.9 Å². The van der Waals surface area contributed by atoms with Gasteiger partial charge in [-0.2, -0.15) is 5.10 Å². The summed E-state index contributed by atoms with van der Waals surface area (Å²) in [5, 5.41) is 7.72. The van der Waals surface area contributed by atoms with E-state index < -0.39 is 0 Å². The van der Waals surface area contributed by atoms with Gasteiger partial charge in [0.15, 0.2) is 5.11 Å². The lowest BCUT2D eigenvalue weighted by Crippen LogP contribution is -2.25.